The molecule has 6 heteroatoms. The molecule has 0 saturated carbocycles. The van der Waals surface area contributed by atoms with E-state index < -0.39 is 0 Å². The van der Waals surface area contributed by atoms with Crippen LogP contribution in [0.1, 0.15) is 5.56 Å². The first-order valence-electron chi connectivity index (χ1n) is 6.42. The Hall–Kier alpha value is -0.850. The van der Waals surface area contributed by atoms with Crippen LogP contribution in [0.25, 0.3) is 0 Å². The van der Waals surface area contributed by atoms with E-state index >= 15 is 0 Å². The van der Waals surface area contributed by atoms with Crippen molar-refractivity contribution in [3.05, 3.63) is 23.8 Å². The van der Waals surface area contributed by atoms with Crippen molar-refractivity contribution < 1.29 is 9.53 Å². The average Bonchev–Trinajstić information content (AvgIpc) is 3.00. The normalized spacial score (nSPS) is 18.1. The zero-order valence-corrected chi connectivity index (χ0v) is 13.6. The first-order chi connectivity index (χ1) is 9.65. The molecule has 20 heavy (non-hydrogen) atoms. The van der Waals surface area contributed by atoms with Crippen LogP contribution in [-0.2, 0) is 11.3 Å². The lowest BCUT2D eigenvalue weighted by Crippen LogP contribution is -2.42. The number of carbonyl (C=O) groups excluding carboxylic acids is 1. The maximum atomic E-state index is 12.2. The van der Waals surface area contributed by atoms with Gasteiger partial charge in [-0.15, -0.1) is 23.5 Å². The van der Waals surface area contributed by atoms with Gasteiger partial charge in [-0.2, -0.15) is 0 Å². The third-order valence-corrected chi connectivity index (χ3v) is 4.98. The summed E-state index contributed by atoms with van der Waals surface area (Å²) in [5.41, 5.74) is 1.08. The van der Waals surface area contributed by atoms with Crippen molar-refractivity contribution in [3.63, 3.8) is 0 Å². The number of rotatable bonds is 5. The van der Waals surface area contributed by atoms with Gasteiger partial charge in [0, 0.05) is 30.1 Å². The highest BCUT2D eigenvalue weighted by atomic mass is 32.2. The largest absolute Gasteiger partial charge is 0.496 e. The number of nitrogens with one attached hydrogen (secondary N) is 1. The Balaban J connectivity index is 2.03. The van der Waals surface area contributed by atoms with E-state index in [-0.39, 0.29) is 11.9 Å². The number of thioether (sulfide) groups is 2. The van der Waals surface area contributed by atoms with Gasteiger partial charge in [0.25, 0.3) is 0 Å². The molecular formula is C14H20N2O2S2. The van der Waals surface area contributed by atoms with E-state index in [1.165, 1.54) is 0 Å². The number of carbonyl (C=O) groups is 1. The zero-order valence-electron chi connectivity index (χ0n) is 12.0. The molecule has 4 nitrogen and oxygen atoms in total. The van der Waals surface area contributed by atoms with Crippen LogP contribution in [-0.4, -0.2) is 48.9 Å². The number of benzene rings is 1. The summed E-state index contributed by atoms with van der Waals surface area (Å²) in [4.78, 5) is 15.1. The Labute approximate surface area is 128 Å². The number of hydrogen-bond donors (Lipinski definition) is 1. The van der Waals surface area contributed by atoms with Crippen molar-refractivity contribution >= 4 is 29.4 Å². The number of nitrogens with zero attached hydrogens (tertiary/aromatic N) is 1. The van der Waals surface area contributed by atoms with Gasteiger partial charge in [-0.3, -0.25) is 10.1 Å². The second-order valence-electron chi connectivity index (χ2n) is 4.66. The smallest absolute Gasteiger partial charge is 0.240 e. The Morgan fingerprint density at radius 1 is 1.60 bits per heavy atom. The van der Waals surface area contributed by atoms with Gasteiger partial charge in [0.15, 0.2) is 0 Å². The highest BCUT2D eigenvalue weighted by Gasteiger charge is 2.25. The first kappa shape index (κ1) is 15.5. The topological polar surface area (TPSA) is 41.6 Å². The van der Waals surface area contributed by atoms with Crippen LogP contribution in [0.2, 0.25) is 0 Å². The summed E-state index contributed by atoms with van der Waals surface area (Å²) in [5.74, 6) is 2.74. The fourth-order valence-corrected chi connectivity index (χ4v) is 3.63. The highest BCUT2D eigenvalue weighted by Crippen LogP contribution is 2.28. The molecule has 0 bridgehead atoms. The number of likely N-dealkylation sites (N-methyl/N-ethyl adjacent to an activating group) is 1. The second-order valence-corrected chi connectivity index (χ2v) is 6.53. The molecule has 1 fully saturated rings. The SMILES string of the molecule is COc1cc(CN(C)C(=O)C2CSCN2)ccc1SC. The minimum atomic E-state index is -0.0441. The number of amides is 1. The molecule has 1 aliphatic heterocycles. The molecule has 1 saturated heterocycles. The van der Waals surface area contributed by atoms with Crippen molar-refractivity contribution in [2.75, 3.05) is 32.0 Å². The molecule has 1 amide bonds. The Morgan fingerprint density at radius 2 is 2.40 bits per heavy atom. The van der Waals surface area contributed by atoms with Gasteiger partial charge in [-0.05, 0) is 24.0 Å². The van der Waals surface area contributed by atoms with E-state index in [9.17, 15) is 4.79 Å². The maximum absolute atomic E-state index is 12.2. The van der Waals surface area contributed by atoms with Gasteiger partial charge in [-0.25, -0.2) is 0 Å². The minimum absolute atomic E-state index is 0.0441. The van der Waals surface area contributed by atoms with Crippen molar-refractivity contribution in [1.82, 2.24) is 10.2 Å². The third-order valence-electron chi connectivity index (χ3n) is 3.26. The molecule has 0 spiro atoms. The lowest BCUT2D eigenvalue weighted by atomic mass is 10.2. The molecule has 1 aromatic rings. The quantitative estimate of drug-likeness (QED) is 0.843. The van der Waals surface area contributed by atoms with Gasteiger partial charge in [0.1, 0.15) is 5.75 Å². The Kier molecular flexibility index (Phi) is 5.63. The standard InChI is InChI=1S/C14H20N2O2S2/c1-16(14(17)11-8-20-9-15-11)7-10-4-5-13(19-3)12(6-10)18-2/h4-6,11,15H,7-9H2,1-3H3. The van der Waals surface area contributed by atoms with E-state index in [0.29, 0.717) is 6.54 Å². The van der Waals surface area contributed by atoms with Crippen molar-refractivity contribution in [2.24, 2.45) is 0 Å². The first-order valence-corrected chi connectivity index (χ1v) is 8.80. The van der Waals surface area contributed by atoms with E-state index in [0.717, 1.165) is 27.8 Å². The zero-order chi connectivity index (χ0) is 14.5. The minimum Gasteiger partial charge on any atom is -0.496 e. The molecule has 0 aliphatic carbocycles. The molecule has 110 valence electrons. The summed E-state index contributed by atoms with van der Waals surface area (Å²) in [7, 11) is 3.52. The molecule has 1 atom stereocenters. The van der Waals surface area contributed by atoms with Gasteiger partial charge in [-0.1, -0.05) is 6.07 Å². The fraction of sp³-hybridized carbons (Fsp3) is 0.500. The number of methoxy groups -OCH3 is 1. The predicted octanol–water partition coefficient (Wildman–Crippen LogP) is 2.04. The van der Waals surface area contributed by atoms with Gasteiger partial charge in [0.2, 0.25) is 5.91 Å². The van der Waals surface area contributed by atoms with Crippen LogP contribution in [0.5, 0.6) is 5.75 Å². The second kappa shape index (κ2) is 7.24. The molecule has 0 radical (unpaired) electrons. The maximum Gasteiger partial charge on any atom is 0.240 e. The molecule has 1 unspecified atom stereocenters. The van der Waals surface area contributed by atoms with Crippen molar-refractivity contribution in [2.45, 2.75) is 17.5 Å². The van der Waals surface area contributed by atoms with Crippen LogP contribution in [0, 0.1) is 0 Å². The molecule has 0 aromatic heterocycles. The fourth-order valence-electron chi connectivity index (χ4n) is 2.15. The molecular weight excluding hydrogens is 292 g/mol. The van der Waals surface area contributed by atoms with Crippen LogP contribution in [0.4, 0.5) is 0 Å². The average molecular weight is 312 g/mol. The van der Waals surface area contributed by atoms with Crippen LogP contribution in [0.15, 0.2) is 23.1 Å². The van der Waals surface area contributed by atoms with E-state index in [1.54, 1.807) is 35.5 Å². The van der Waals surface area contributed by atoms with E-state index in [1.807, 2.05) is 25.4 Å². The van der Waals surface area contributed by atoms with E-state index in [2.05, 4.69) is 11.4 Å². The summed E-state index contributed by atoms with van der Waals surface area (Å²) >= 11 is 3.42. The van der Waals surface area contributed by atoms with Crippen molar-refractivity contribution in [3.8, 4) is 5.75 Å². The van der Waals surface area contributed by atoms with Crippen LogP contribution in [0.3, 0.4) is 0 Å². The Bertz CT molecular complexity index is 476. The summed E-state index contributed by atoms with van der Waals surface area (Å²) in [6.45, 7) is 0.604. The predicted molar refractivity (Wildman–Crippen MR) is 85.5 cm³/mol. The van der Waals surface area contributed by atoms with E-state index in [4.69, 9.17) is 4.74 Å². The Morgan fingerprint density at radius 3 is 3.00 bits per heavy atom. The lowest BCUT2D eigenvalue weighted by molar-refractivity contribution is -0.131. The molecule has 2 rings (SSSR count). The molecule has 1 heterocycles. The number of ether oxygens (including phenoxy) is 1. The van der Waals surface area contributed by atoms with Crippen LogP contribution < -0.4 is 10.1 Å². The molecule has 1 aromatic carbocycles. The van der Waals surface area contributed by atoms with Gasteiger partial charge in [0.05, 0.1) is 13.2 Å². The molecule has 1 aliphatic rings. The highest BCUT2D eigenvalue weighted by molar-refractivity contribution is 7.99. The van der Waals surface area contributed by atoms with Gasteiger partial charge >= 0.3 is 0 Å². The summed E-state index contributed by atoms with van der Waals surface area (Å²) < 4.78 is 5.38. The number of hydrogen-bond acceptors (Lipinski definition) is 5. The summed E-state index contributed by atoms with van der Waals surface area (Å²) in [6, 6.07) is 6.06. The van der Waals surface area contributed by atoms with Gasteiger partial charge < -0.3 is 9.64 Å². The molecule has 1 N–H and O–H groups in total. The third kappa shape index (κ3) is 3.62. The summed E-state index contributed by atoms with van der Waals surface area (Å²) in [5, 5.41) is 3.21. The monoisotopic (exact) mass is 312 g/mol. The van der Waals surface area contributed by atoms with Crippen molar-refractivity contribution in [1.29, 1.82) is 0 Å². The van der Waals surface area contributed by atoms with Crippen LogP contribution >= 0.6 is 23.5 Å². The summed E-state index contributed by atoms with van der Waals surface area (Å²) in [6.07, 6.45) is 2.02. The lowest BCUT2D eigenvalue weighted by Gasteiger charge is -2.21.